The Morgan fingerprint density at radius 2 is 2.00 bits per heavy atom. The molecule has 0 radical (unpaired) electrons. The minimum atomic E-state index is 0.348. The average molecular weight is 162 g/mol. The van der Waals surface area contributed by atoms with E-state index in [0.717, 1.165) is 12.5 Å². The lowest BCUT2D eigenvalue weighted by Gasteiger charge is -2.08. The molecular weight excluding hydrogens is 148 g/mol. The van der Waals surface area contributed by atoms with Crippen LogP contribution in [-0.4, -0.2) is 6.61 Å². The van der Waals surface area contributed by atoms with Crippen molar-refractivity contribution >= 4 is 0 Å². The zero-order valence-corrected chi connectivity index (χ0v) is 7.36. The van der Waals surface area contributed by atoms with Crippen LogP contribution in [0.25, 0.3) is 0 Å². The Bertz CT molecular complexity index is 242. The lowest BCUT2D eigenvalue weighted by atomic mass is 10.0. The predicted molar refractivity (Wildman–Crippen MR) is 48.9 cm³/mol. The van der Waals surface area contributed by atoms with Crippen molar-refractivity contribution in [3.05, 3.63) is 35.9 Å². The first kappa shape index (κ1) is 7.81. The molecule has 2 unspecified atom stereocenters. The molecule has 2 rings (SSSR count). The van der Waals surface area contributed by atoms with E-state index >= 15 is 0 Å². The summed E-state index contributed by atoms with van der Waals surface area (Å²) in [5.74, 6) is 0.718. The lowest BCUT2D eigenvalue weighted by Crippen LogP contribution is -1.94. The SMILES string of the molecule is CC1COC(c2ccccc2)C1. The van der Waals surface area contributed by atoms with Crippen LogP contribution in [0.3, 0.4) is 0 Å². The van der Waals surface area contributed by atoms with Gasteiger partial charge in [0, 0.05) is 0 Å². The molecule has 64 valence electrons. The number of benzene rings is 1. The number of rotatable bonds is 1. The van der Waals surface area contributed by atoms with Gasteiger partial charge >= 0.3 is 0 Å². The second-order valence-corrected chi connectivity index (χ2v) is 3.57. The van der Waals surface area contributed by atoms with E-state index in [0.29, 0.717) is 6.10 Å². The van der Waals surface area contributed by atoms with Crippen LogP contribution in [0, 0.1) is 5.92 Å². The minimum absolute atomic E-state index is 0.348. The van der Waals surface area contributed by atoms with Crippen LogP contribution in [0.2, 0.25) is 0 Å². The minimum Gasteiger partial charge on any atom is -0.373 e. The van der Waals surface area contributed by atoms with E-state index < -0.39 is 0 Å². The summed E-state index contributed by atoms with van der Waals surface area (Å²) in [5, 5.41) is 0. The Labute approximate surface area is 73.4 Å². The molecule has 1 heteroatoms. The number of hydrogen-bond acceptors (Lipinski definition) is 1. The van der Waals surface area contributed by atoms with Gasteiger partial charge in [-0.1, -0.05) is 37.3 Å². The van der Waals surface area contributed by atoms with Gasteiger partial charge in [0.15, 0.2) is 0 Å². The Balaban J connectivity index is 2.11. The largest absolute Gasteiger partial charge is 0.373 e. The maximum Gasteiger partial charge on any atom is 0.0828 e. The van der Waals surface area contributed by atoms with E-state index in [-0.39, 0.29) is 0 Å². The maximum atomic E-state index is 5.65. The zero-order valence-electron chi connectivity index (χ0n) is 7.36. The van der Waals surface area contributed by atoms with Crippen molar-refractivity contribution < 1.29 is 4.74 Å². The van der Waals surface area contributed by atoms with Gasteiger partial charge in [-0.05, 0) is 17.9 Å². The summed E-state index contributed by atoms with van der Waals surface area (Å²) in [5.41, 5.74) is 1.32. The summed E-state index contributed by atoms with van der Waals surface area (Å²) in [6, 6.07) is 10.5. The third-order valence-electron chi connectivity index (χ3n) is 2.37. The first-order valence-corrected chi connectivity index (χ1v) is 4.53. The molecule has 1 aromatic rings. The van der Waals surface area contributed by atoms with E-state index in [4.69, 9.17) is 4.74 Å². The summed E-state index contributed by atoms with van der Waals surface area (Å²) < 4.78 is 5.65. The molecule has 1 saturated heterocycles. The molecule has 1 aliphatic heterocycles. The second-order valence-electron chi connectivity index (χ2n) is 3.57. The molecule has 1 aliphatic rings. The summed E-state index contributed by atoms with van der Waals surface area (Å²) in [7, 11) is 0. The molecule has 0 spiro atoms. The van der Waals surface area contributed by atoms with Crippen LogP contribution >= 0.6 is 0 Å². The summed E-state index contributed by atoms with van der Waals surface area (Å²) in [6.07, 6.45) is 1.52. The van der Waals surface area contributed by atoms with E-state index in [1.807, 2.05) is 6.07 Å². The Hall–Kier alpha value is -0.820. The van der Waals surface area contributed by atoms with Gasteiger partial charge in [-0.3, -0.25) is 0 Å². The van der Waals surface area contributed by atoms with Gasteiger partial charge in [-0.2, -0.15) is 0 Å². The highest BCUT2D eigenvalue weighted by Gasteiger charge is 2.22. The first-order valence-electron chi connectivity index (χ1n) is 4.53. The van der Waals surface area contributed by atoms with Crippen LogP contribution in [0.4, 0.5) is 0 Å². The molecule has 1 fully saturated rings. The van der Waals surface area contributed by atoms with Crippen molar-refractivity contribution in [1.29, 1.82) is 0 Å². The van der Waals surface area contributed by atoms with Crippen LogP contribution < -0.4 is 0 Å². The lowest BCUT2D eigenvalue weighted by molar-refractivity contribution is 0.108. The fourth-order valence-electron chi connectivity index (χ4n) is 1.68. The van der Waals surface area contributed by atoms with Gasteiger partial charge < -0.3 is 4.74 Å². The van der Waals surface area contributed by atoms with Crippen molar-refractivity contribution in [2.45, 2.75) is 19.4 Å². The normalized spacial score (nSPS) is 29.1. The molecule has 12 heavy (non-hydrogen) atoms. The van der Waals surface area contributed by atoms with Gasteiger partial charge in [0.2, 0.25) is 0 Å². The molecule has 0 aliphatic carbocycles. The van der Waals surface area contributed by atoms with Crippen molar-refractivity contribution in [3.63, 3.8) is 0 Å². The van der Waals surface area contributed by atoms with Crippen molar-refractivity contribution in [2.24, 2.45) is 5.92 Å². The molecule has 2 atom stereocenters. The highest BCUT2D eigenvalue weighted by Crippen LogP contribution is 2.31. The Morgan fingerprint density at radius 1 is 1.25 bits per heavy atom. The Morgan fingerprint density at radius 3 is 2.58 bits per heavy atom. The third kappa shape index (κ3) is 1.51. The molecule has 1 nitrogen and oxygen atoms in total. The van der Waals surface area contributed by atoms with Crippen molar-refractivity contribution in [3.8, 4) is 0 Å². The fraction of sp³-hybridized carbons (Fsp3) is 0.455. The van der Waals surface area contributed by atoms with E-state index in [9.17, 15) is 0 Å². The third-order valence-corrected chi connectivity index (χ3v) is 2.37. The summed E-state index contributed by atoms with van der Waals surface area (Å²) in [4.78, 5) is 0. The number of hydrogen-bond donors (Lipinski definition) is 0. The quantitative estimate of drug-likeness (QED) is 0.617. The molecular formula is C11H14O. The highest BCUT2D eigenvalue weighted by molar-refractivity contribution is 5.18. The van der Waals surface area contributed by atoms with E-state index in [2.05, 4.69) is 31.2 Å². The molecule has 0 bridgehead atoms. The van der Waals surface area contributed by atoms with Crippen LogP contribution in [0.1, 0.15) is 25.0 Å². The Kier molecular flexibility index (Phi) is 2.13. The van der Waals surface area contributed by atoms with Gasteiger partial charge in [-0.15, -0.1) is 0 Å². The predicted octanol–water partition coefficient (Wildman–Crippen LogP) is 2.78. The van der Waals surface area contributed by atoms with Gasteiger partial charge in [-0.25, -0.2) is 0 Å². The van der Waals surface area contributed by atoms with Gasteiger partial charge in [0.1, 0.15) is 0 Å². The van der Waals surface area contributed by atoms with E-state index in [1.54, 1.807) is 0 Å². The summed E-state index contributed by atoms with van der Waals surface area (Å²) in [6.45, 7) is 3.16. The fourth-order valence-corrected chi connectivity index (χ4v) is 1.68. The van der Waals surface area contributed by atoms with Crippen LogP contribution in [0.5, 0.6) is 0 Å². The second kappa shape index (κ2) is 3.28. The smallest absolute Gasteiger partial charge is 0.0828 e. The first-order chi connectivity index (χ1) is 5.86. The molecule has 0 aromatic heterocycles. The highest BCUT2D eigenvalue weighted by atomic mass is 16.5. The van der Waals surface area contributed by atoms with Gasteiger partial charge in [0.05, 0.1) is 12.7 Å². The number of ether oxygens (including phenoxy) is 1. The molecule has 0 N–H and O–H groups in total. The molecule has 0 saturated carbocycles. The zero-order chi connectivity index (χ0) is 8.39. The van der Waals surface area contributed by atoms with Crippen molar-refractivity contribution in [1.82, 2.24) is 0 Å². The van der Waals surface area contributed by atoms with Crippen molar-refractivity contribution in [2.75, 3.05) is 6.61 Å². The van der Waals surface area contributed by atoms with Crippen LogP contribution in [0.15, 0.2) is 30.3 Å². The van der Waals surface area contributed by atoms with E-state index in [1.165, 1.54) is 12.0 Å². The monoisotopic (exact) mass is 162 g/mol. The molecule has 1 heterocycles. The standard InChI is InChI=1S/C11H14O/c1-9-7-11(12-8-9)10-5-3-2-4-6-10/h2-6,9,11H,7-8H2,1H3. The molecule has 1 aromatic carbocycles. The van der Waals surface area contributed by atoms with Crippen LogP contribution in [-0.2, 0) is 4.74 Å². The maximum absolute atomic E-state index is 5.65. The average Bonchev–Trinajstić information content (AvgIpc) is 2.54. The summed E-state index contributed by atoms with van der Waals surface area (Å²) >= 11 is 0. The molecule has 0 amide bonds. The topological polar surface area (TPSA) is 9.23 Å². The van der Waals surface area contributed by atoms with Gasteiger partial charge in [0.25, 0.3) is 0 Å².